The smallest absolute Gasteiger partial charge is 0.337 e. The standard InChI is InChI=1S/C20H23N5O3/c1-13(26)17-8-5-11-21-20(23-14(2)25(17)16-6-3-4-7-16)24-18-10-9-15(12-22-18)19(27)28/h5,8-12,16H,3-4,6-7H2,1-2H3,(H,27,28)(H,21,22,24). The van der Waals surface area contributed by atoms with E-state index in [0.29, 0.717) is 23.3 Å². The summed E-state index contributed by atoms with van der Waals surface area (Å²) in [5.74, 6) is 0.357. The summed E-state index contributed by atoms with van der Waals surface area (Å²) < 4.78 is 2.00. The summed E-state index contributed by atoms with van der Waals surface area (Å²) in [7, 11) is 0. The van der Waals surface area contributed by atoms with Gasteiger partial charge in [0.2, 0.25) is 5.95 Å². The summed E-state index contributed by atoms with van der Waals surface area (Å²) in [6.07, 6.45) is 7.13. The minimum absolute atomic E-state index is 0.0200. The third-order valence-electron chi connectivity index (χ3n) is 4.71. The van der Waals surface area contributed by atoms with Crippen LogP contribution in [0.4, 0.5) is 11.8 Å². The Morgan fingerprint density at radius 1 is 1.18 bits per heavy atom. The highest BCUT2D eigenvalue weighted by Gasteiger charge is 2.21. The highest BCUT2D eigenvalue weighted by molar-refractivity contribution is 5.92. The van der Waals surface area contributed by atoms with Crippen LogP contribution in [-0.2, 0) is 0 Å². The van der Waals surface area contributed by atoms with Gasteiger partial charge < -0.3 is 15.0 Å². The van der Waals surface area contributed by atoms with E-state index in [1.165, 1.54) is 12.3 Å². The number of nitrogens with one attached hydrogen (secondary N) is 1. The maximum absolute atomic E-state index is 12.2. The molecule has 0 spiro atoms. The fourth-order valence-electron chi connectivity index (χ4n) is 3.42. The van der Waals surface area contributed by atoms with Crippen LogP contribution >= 0.6 is 0 Å². The van der Waals surface area contributed by atoms with Crippen LogP contribution in [0.5, 0.6) is 0 Å². The Hall–Kier alpha value is -3.29. The lowest BCUT2D eigenvalue weighted by molar-refractivity contribution is 0.0696. The van der Waals surface area contributed by atoms with E-state index >= 15 is 0 Å². The Balaban J connectivity index is 2.04. The van der Waals surface area contributed by atoms with Crippen LogP contribution in [0.25, 0.3) is 0 Å². The van der Waals surface area contributed by atoms with E-state index in [-0.39, 0.29) is 17.4 Å². The molecule has 0 radical (unpaired) electrons. The number of nitrogens with zero attached hydrogens (tertiary/aromatic N) is 4. The van der Waals surface area contributed by atoms with Gasteiger partial charge in [-0.2, -0.15) is 4.98 Å². The second kappa shape index (κ2) is 8.60. The molecule has 8 heteroatoms. The van der Waals surface area contributed by atoms with Crippen molar-refractivity contribution in [1.29, 1.82) is 0 Å². The highest BCUT2D eigenvalue weighted by Crippen LogP contribution is 2.31. The number of carbonyl (C=O) groups is 2. The third-order valence-corrected chi connectivity index (χ3v) is 4.71. The van der Waals surface area contributed by atoms with Gasteiger partial charge in [0, 0.05) is 25.4 Å². The van der Waals surface area contributed by atoms with Crippen molar-refractivity contribution in [1.82, 2.24) is 19.5 Å². The molecule has 1 aliphatic rings. The molecule has 2 aromatic rings. The van der Waals surface area contributed by atoms with Gasteiger partial charge in [-0.05, 0) is 44.0 Å². The Kier molecular flexibility index (Phi) is 5.98. The first-order valence-corrected chi connectivity index (χ1v) is 9.22. The number of aryl methyl sites for hydroxylation is 1. The van der Waals surface area contributed by atoms with Crippen LogP contribution in [0.1, 0.15) is 65.3 Å². The Labute approximate surface area is 163 Å². The molecular weight excluding hydrogens is 358 g/mol. The van der Waals surface area contributed by atoms with E-state index in [2.05, 4.69) is 20.3 Å². The average Bonchev–Trinajstić information content (AvgIpc) is 3.19. The molecule has 2 aromatic heterocycles. The maximum Gasteiger partial charge on any atom is 0.337 e. The van der Waals surface area contributed by atoms with Crippen molar-refractivity contribution >= 4 is 23.5 Å². The van der Waals surface area contributed by atoms with Crippen LogP contribution in [0.3, 0.4) is 0 Å². The second-order valence-corrected chi connectivity index (χ2v) is 6.73. The lowest BCUT2D eigenvalue weighted by Crippen LogP contribution is -2.16. The fraction of sp³-hybridized carbons (Fsp3) is 0.350. The van der Waals surface area contributed by atoms with Crippen molar-refractivity contribution in [2.24, 2.45) is 0 Å². The highest BCUT2D eigenvalue weighted by atomic mass is 16.4. The van der Waals surface area contributed by atoms with Crippen LogP contribution in [0, 0.1) is 6.92 Å². The minimum atomic E-state index is -1.04. The van der Waals surface area contributed by atoms with Crippen molar-refractivity contribution in [3.8, 4) is 0 Å². The maximum atomic E-state index is 12.2. The van der Waals surface area contributed by atoms with Crippen molar-refractivity contribution < 1.29 is 14.7 Å². The lowest BCUT2D eigenvalue weighted by atomic mass is 10.2. The van der Waals surface area contributed by atoms with Crippen LogP contribution in [-0.4, -0.2) is 36.4 Å². The molecule has 3 rings (SSSR count). The number of Topliss-reactive ketones (excluding diaryl/α,β-unsaturated/α-hetero) is 1. The molecule has 1 fully saturated rings. The molecule has 0 aliphatic heterocycles. The Morgan fingerprint density at radius 3 is 2.54 bits per heavy atom. The molecule has 28 heavy (non-hydrogen) atoms. The van der Waals surface area contributed by atoms with E-state index in [1.54, 1.807) is 31.3 Å². The number of carbonyl (C=O) groups excluding carboxylic acids is 1. The lowest BCUT2D eigenvalue weighted by Gasteiger charge is -2.19. The number of hydrogen-bond donors (Lipinski definition) is 2. The summed E-state index contributed by atoms with van der Waals surface area (Å²) in [6.45, 7) is 3.42. The number of rotatable bonds is 5. The molecule has 2 heterocycles. The van der Waals surface area contributed by atoms with E-state index in [1.807, 2.05) is 11.5 Å². The normalized spacial score (nSPS) is 13.8. The zero-order valence-electron chi connectivity index (χ0n) is 15.9. The number of anilines is 2. The summed E-state index contributed by atoms with van der Waals surface area (Å²) in [5.41, 5.74) is 0.703. The zero-order chi connectivity index (χ0) is 20.1. The molecular formula is C20H23N5O3. The van der Waals surface area contributed by atoms with Crippen LogP contribution < -0.4 is 5.32 Å². The molecule has 8 nitrogen and oxygen atoms in total. The second-order valence-electron chi connectivity index (χ2n) is 6.73. The van der Waals surface area contributed by atoms with Gasteiger partial charge in [-0.1, -0.05) is 12.8 Å². The fourth-order valence-corrected chi connectivity index (χ4v) is 3.42. The zero-order valence-corrected chi connectivity index (χ0v) is 15.9. The summed E-state index contributed by atoms with van der Waals surface area (Å²) in [5, 5.41) is 12.0. The van der Waals surface area contributed by atoms with Gasteiger partial charge in [0.05, 0.1) is 11.3 Å². The molecule has 0 aromatic carbocycles. The van der Waals surface area contributed by atoms with Crippen molar-refractivity contribution in [3.05, 3.63) is 53.7 Å². The minimum Gasteiger partial charge on any atom is -0.478 e. The predicted octanol–water partition coefficient (Wildman–Crippen LogP) is 3.87. The van der Waals surface area contributed by atoms with Crippen LogP contribution in [0.2, 0.25) is 0 Å². The quantitative estimate of drug-likeness (QED) is 0.757. The van der Waals surface area contributed by atoms with Gasteiger partial charge >= 0.3 is 5.97 Å². The largest absolute Gasteiger partial charge is 0.478 e. The molecule has 2 N–H and O–H groups in total. The van der Waals surface area contributed by atoms with Crippen molar-refractivity contribution in [3.63, 3.8) is 0 Å². The first-order chi connectivity index (χ1) is 13.5. The summed E-state index contributed by atoms with van der Waals surface area (Å²) in [4.78, 5) is 36.2. The number of pyridine rings is 1. The number of hydrogen-bond acceptors (Lipinski definition) is 6. The number of carboxylic acids is 1. The molecule has 146 valence electrons. The topological polar surface area (TPSA) is 110 Å². The molecule has 0 amide bonds. The van der Waals surface area contributed by atoms with Gasteiger partial charge in [-0.3, -0.25) is 4.79 Å². The predicted molar refractivity (Wildman–Crippen MR) is 104 cm³/mol. The van der Waals surface area contributed by atoms with E-state index < -0.39 is 5.97 Å². The molecule has 1 aliphatic carbocycles. The average molecular weight is 381 g/mol. The van der Waals surface area contributed by atoms with E-state index in [0.717, 1.165) is 25.7 Å². The molecule has 0 atom stereocenters. The first-order valence-electron chi connectivity index (χ1n) is 9.22. The number of ketones is 1. The third kappa shape index (κ3) is 4.51. The number of aromatic nitrogens is 4. The molecule has 0 saturated heterocycles. The van der Waals surface area contributed by atoms with Gasteiger partial charge in [0.25, 0.3) is 0 Å². The van der Waals surface area contributed by atoms with Gasteiger partial charge in [-0.15, -0.1) is 0 Å². The van der Waals surface area contributed by atoms with Gasteiger partial charge in [0.15, 0.2) is 5.78 Å². The summed E-state index contributed by atoms with van der Waals surface area (Å²) in [6, 6.07) is 6.74. The summed E-state index contributed by atoms with van der Waals surface area (Å²) >= 11 is 0. The Morgan fingerprint density at radius 2 is 1.93 bits per heavy atom. The molecule has 0 bridgehead atoms. The van der Waals surface area contributed by atoms with E-state index in [4.69, 9.17) is 5.11 Å². The van der Waals surface area contributed by atoms with Crippen molar-refractivity contribution in [2.75, 3.05) is 5.32 Å². The van der Waals surface area contributed by atoms with E-state index in [9.17, 15) is 9.59 Å². The number of carboxylic acid groups (broad SMARTS) is 1. The van der Waals surface area contributed by atoms with Crippen molar-refractivity contribution in [2.45, 2.75) is 45.6 Å². The number of aromatic carboxylic acids is 1. The SMILES string of the molecule is CC(=O)c1cccnc(Nc2ccc(C(=O)O)cn2)nc(C)n1C1CCCC1. The Bertz CT molecular complexity index is 929. The first kappa shape index (κ1) is 19.5. The van der Waals surface area contributed by atoms with Gasteiger partial charge in [-0.25, -0.2) is 14.8 Å². The van der Waals surface area contributed by atoms with Crippen LogP contribution in [0.15, 0.2) is 36.7 Å². The molecule has 1 saturated carbocycles. The molecule has 0 unspecified atom stereocenters. The van der Waals surface area contributed by atoms with Gasteiger partial charge in [0.1, 0.15) is 11.6 Å². The monoisotopic (exact) mass is 381 g/mol.